The third kappa shape index (κ3) is 2.64. The van der Waals surface area contributed by atoms with E-state index in [1.807, 2.05) is 19.1 Å². The molecule has 1 aliphatic carbocycles. The van der Waals surface area contributed by atoms with Gasteiger partial charge < -0.3 is 11.1 Å². The number of carbonyl (C=O) groups is 1. The van der Waals surface area contributed by atoms with Gasteiger partial charge in [-0.3, -0.25) is 4.79 Å². The van der Waals surface area contributed by atoms with Crippen LogP contribution >= 0.6 is 0 Å². The third-order valence-corrected chi connectivity index (χ3v) is 4.22. The van der Waals surface area contributed by atoms with E-state index < -0.39 is 0 Å². The SMILES string of the molecule is Cc1ccc2c(c1)C(Nc1ccc(C(N)=O)cc1C)CC2. The first kappa shape index (κ1) is 13.7. The zero-order chi connectivity index (χ0) is 15.0. The van der Waals surface area contributed by atoms with Crippen molar-refractivity contribution in [3.05, 3.63) is 64.2 Å². The highest BCUT2D eigenvalue weighted by Gasteiger charge is 2.22. The fraction of sp³-hybridized carbons (Fsp3) is 0.278. The van der Waals surface area contributed by atoms with Gasteiger partial charge in [0.1, 0.15) is 0 Å². The Morgan fingerprint density at radius 3 is 2.71 bits per heavy atom. The van der Waals surface area contributed by atoms with Crippen molar-refractivity contribution in [2.45, 2.75) is 32.7 Å². The number of hydrogen-bond acceptors (Lipinski definition) is 2. The van der Waals surface area contributed by atoms with Crippen molar-refractivity contribution in [1.82, 2.24) is 0 Å². The number of rotatable bonds is 3. The molecule has 1 unspecified atom stereocenters. The molecule has 1 atom stereocenters. The van der Waals surface area contributed by atoms with E-state index in [9.17, 15) is 4.79 Å². The summed E-state index contributed by atoms with van der Waals surface area (Å²) in [6, 6.07) is 12.6. The molecule has 21 heavy (non-hydrogen) atoms. The Balaban J connectivity index is 1.86. The largest absolute Gasteiger partial charge is 0.378 e. The van der Waals surface area contributed by atoms with Gasteiger partial charge in [-0.15, -0.1) is 0 Å². The molecule has 108 valence electrons. The Labute approximate surface area is 125 Å². The molecule has 0 spiro atoms. The fourth-order valence-electron chi connectivity index (χ4n) is 3.04. The summed E-state index contributed by atoms with van der Waals surface area (Å²) >= 11 is 0. The van der Waals surface area contributed by atoms with Crippen LogP contribution in [0.2, 0.25) is 0 Å². The van der Waals surface area contributed by atoms with E-state index in [2.05, 4.69) is 30.4 Å². The summed E-state index contributed by atoms with van der Waals surface area (Å²) in [4.78, 5) is 11.2. The number of primary amides is 1. The van der Waals surface area contributed by atoms with Crippen LogP contribution in [0.3, 0.4) is 0 Å². The van der Waals surface area contributed by atoms with E-state index in [1.165, 1.54) is 16.7 Å². The molecule has 0 saturated carbocycles. The normalized spacial score (nSPS) is 16.6. The predicted octanol–water partition coefficient (Wildman–Crippen LogP) is 3.50. The highest BCUT2D eigenvalue weighted by Crippen LogP contribution is 2.35. The maximum absolute atomic E-state index is 11.2. The van der Waals surface area contributed by atoms with Crippen LogP contribution in [-0.4, -0.2) is 5.91 Å². The Hall–Kier alpha value is -2.29. The molecule has 0 aliphatic heterocycles. The van der Waals surface area contributed by atoms with E-state index in [0.717, 1.165) is 24.1 Å². The Morgan fingerprint density at radius 2 is 2.00 bits per heavy atom. The van der Waals surface area contributed by atoms with Crippen LogP contribution in [0.25, 0.3) is 0 Å². The molecule has 3 rings (SSSR count). The maximum atomic E-state index is 11.2. The second-order valence-corrected chi connectivity index (χ2v) is 5.83. The molecule has 3 heteroatoms. The minimum Gasteiger partial charge on any atom is -0.378 e. The predicted molar refractivity (Wildman–Crippen MR) is 85.6 cm³/mol. The standard InChI is InChI=1S/C18H20N2O/c1-11-3-4-13-5-8-17(15(13)9-11)20-16-7-6-14(18(19)21)10-12(16)2/h3-4,6-7,9-10,17,20H,5,8H2,1-2H3,(H2,19,21). The van der Waals surface area contributed by atoms with Gasteiger partial charge in [0, 0.05) is 11.3 Å². The molecule has 0 saturated heterocycles. The van der Waals surface area contributed by atoms with Gasteiger partial charge in [-0.1, -0.05) is 23.8 Å². The summed E-state index contributed by atoms with van der Waals surface area (Å²) in [5.41, 5.74) is 12.1. The number of nitrogens with two attached hydrogens (primary N) is 1. The zero-order valence-corrected chi connectivity index (χ0v) is 12.4. The number of fused-ring (bicyclic) bond motifs is 1. The van der Waals surface area contributed by atoms with Crippen molar-refractivity contribution in [3.8, 4) is 0 Å². The van der Waals surface area contributed by atoms with Crippen molar-refractivity contribution in [2.24, 2.45) is 5.73 Å². The summed E-state index contributed by atoms with van der Waals surface area (Å²) < 4.78 is 0. The highest BCUT2D eigenvalue weighted by atomic mass is 16.1. The van der Waals surface area contributed by atoms with Crippen LogP contribution in [0.4, 0.5) is 5.69 Å². The average Bonchev–Trinajstić information content (AvgIpc) is 2.83. The summed E-state index contributed by atoms with van der Waals surface area (Å²) in [6.45, 7) is 4.13. The van der Waals surface area contributed by atoms with Crippen LogP contribution < -0.4 is 11.1 Å². The maximum Gasteiger partial charge on any atom is 0.248 e. The lowest BCUT2D eigenvalue weighted by atomic mass is 10.0. The number of amides is 1. The van der Waals surface area contributed by atoms with Crippen molar-refractivity contribution in [2.75, 3.05) is 5.32 Å². The number of anilines is 1. The summed E-state index contributed by atoms with van der Waals surface area (Å²) in [5.74, 6) is -0.383. The van der Waals surface area contributed by atoms with E-state index in [-0.39, 0.29) is 5.91 Å². The number of benzene rings is 2. The first-order chi connectivity index (χ1) is 10.0. The van der Waals surface area contributed by atoms with Gasteiger partial charge in [0.05, 0.1) is 6.04 Å². The van der Waals surface area contributed by atoms with Gasteiger partial charge in [0.25, 0.3) is 0 Å². The van der Waals surface area contributed by atoms with Crippen LogP contribution in [-0.2, 0) is 6.42 Å². The summed E-state index contributed by atoms with van der Waals surface area (Å²) in [6.07, 6.45) is 2.22. The first-order valence-corrected chi connectivity index (χ1v) is 7.31. The van der Waals surface area contributed by atoms with Crippen LogP contribution in [0.5, 0.6) is 0 Å². The third-order valence-electron chi connectivity index (χ3n) is 4.22. The fourth-order valence-corrected chi connectivity index (χ4v) is 3.04. The van der Waals surface area contributed by atoms with Crippen LogP contribution in [0.15, 0.2) is 36.4 Å². The minimum atomic E-state index is -0.383. The van der Waals surface area contributed by atoms with Crippen LogP contribution in [0, 0.1) is 13.8 Å². The molecule has 3 N–H and O–H groups in total. The number of carbonyl (C=O) groups excluding carboxylic acids is 1. The molecule has 0 bridgehead atoms. The second-order valence-electron chi connectivity index (χ2n) is 5.83. The lowest BCUT2D eigenvalue weighted by Gasteiger charge is -2.18. The first-order valence-electron chi connectivity index (χ1n) is 7.31. The molecule has 0 radical (unpaired) electrons. The zero-order valence-electron chi connectivity index (χ0n) is 12.4. The van der Waals surface area contributed by atoms with Gasteiger partial charge in [0.2, 0.25) is 5.91 Å². The van der Waals surface area contributed by atoms with Crippen molar-refractivity contribution >= 4 is 11.6 Å². The van der Waals surface area contributed by atoms with Crippen molar-refractivity contribution < 1.29 is 4.79 Å². The molecule has 1 amide bonds. The Bertz CT molecular complexity index is 706. The highest BCUT2D eigenvalue weighted by molar-refractivity contribution is 5.93. The second kappa shape index (κ2) is 5.24. The van der Waals surface area contributed by atoms with E-state index in [0.29, 0.717) is 11.6 Å². The van der Waals surface area contributed by atoms with Crippen molar-refractivity contribution in [1.29, 1.82) is 0 Å². The molecule has 0 aromatic heterocycles. The van der Waals surface area contributed by atoms with Gasteiger partial charge in [-0.05, 0) is 61.6 Å². The van der Waals surface area contributed by atoms with Gasteiger partial charge >= 0.3 is 0 Å². The molecule has 2 aromatic rings. The molecule has 0 fully saturated rings. The molecular formula is C18H20N2O. The summed E-state index contributed by atoms with van der Waals surface area (Å²) in [5, 5.41) is 3.61. The quantitative estimate of drug-likeness (QED) is 0.904. The van der Waals surface area contributed by atoms with E-state index >= 15 is 0 Å². The van der Waals surface area contributed by atoms with Crippen LogP contribution in [0.1, 0.15) is 45.1 Å². The minimum absolute atomic E-state index is 0.345. The van der Waals surface area contributed by atoms with Gasteiger partial charge in [0.15, 0.2) is 0 Å². The van der Waals surface area contributed by atoms with Gasteiger partial charge in [-0.25, -0.2) is 0 Å². The summed E-state index contributed by atoms with van der Waals surface area (Å²) in [7, 11) is 0. The molecule has 1 aliphatic rings. The molecule has 0 heterocycles. The lowest BCUT2D eigenvalue weighted by molar-refractivity contribution is 0.1000. The number of aryl methyl sites for hydroxylation is 3. The average molecular weight is 280 g/mol. The molecular weight excluding hydrogens is 260 g/mol. The smallest absolute Gasteiger partial charge is 0.248 e. The topological polar surface area (TPSA) is 55.1 Å². The number of hydrogen-bond donors (Lipinski definition) is 2. The Morgan fingerprint density at radius 1 is 1.19 bits per heavy atom. The molecule has 2 aromatic carbocycles. The van der Waals surface area contributed by atoms with Gasteiger partial charge in [-0.2, -0.15) is 0 Å². The monoisotopic (exact) mass is 280 g/mol. The van der Waals surface area contributed by atoms with E-state index in [1.54, 1.807) is 6.07 Å². The number of nitrogens with one attached hydrogen (secondary N) is 1. The van der Waals surface area contributed by atoms with Crippen molar-refractivity contribution in [3.63, 3.8) is 0 Å². The van der Waals surface area contributed by atoms with E-state index in [4.69, 9.17) is 5.73 Å². The molecule has 3 nitrogen and oxygen atoms in total. The Kier molecular flexibility index (Phi) is 3.42. The lowest BCUT2D eigenvalue weighted by Crippen LogP contribution is -2.12.